The maximum atomic E-state index is 12.7. The Kier molecular flexibility index (Phi) is 6.74. The second kappa shape index (κ2) is 10.1. The molecule has 37 heavy (non-hydrogen) atoms. The number of hydrogen-bond acceptors (Lipinski definition) is 8. The van der Waals surface area contributed by atoms with E-state index in [4.69, 9.17) is 9.47 Å². The van der Waals surface area contributed by atoms with Gasteiger partial charge in [0.2, 0.25) is 5.91 Å². The molecule has 3 heterocycles. The number of pyridine rings is 1. The number of hydrogen-bond donors (Lipinski definition) is 2. The molecule has 0 aliphatic carbocycles. The van der Waals surface area contributed by atoms with Crippen molar-refractivity contribution < 1.29 is 14.3 Å². The van der Waals surface area contributed by atoms with Gasteiger partial charge in [0.05, 0.1) is 30.6 Å². The minimum Gasteiger partial charge on any atom is -0.497 e. The summed E-state index contributed by atoms with van der Waals surface area (Å²) in [6, 6.07) is 19.2. The van der Waals surface area contributed by atoms with Crippen molar-refractivity contribution in [3.8, 4) is 11.8 Å². The van der Waals surface area contributed by atoms with E-state index in [1.165, 1.54) is 11.8 Å². The molecule has 0 atom stereocenters. The highest BCUT2D eigenvalue weighted by molar-refractivity contribution is 7.99. The zero-order valence-corrected chi connectivity index (χ0v) is 21.6. The maximum absolute atomic E-state index is 12.7. The number of para-hydroxylation sites is 1. The highest BCUT2D eigenvalue weighted by atomic mass is 32.2. The average Bonchev–Trinajstić information content (AvgIpc) is 3.32. The summed E-state index contributed by atoms with van der Waals surface area (Å²) in [5.74, 6) is 1.21. The van der Waals surface area contributed by atoms with Crippen LogP contribution in [-0.4, -0.2) is 39.0 Å². The molecule has 2 aromatic carbocycles. The smallest absolute Gasteiger partial charge is 0.234 e. The van der Waals surface area contributed by atoms with Gasteiger partial charge in [0, 0.05) is 23.4 Å². The number of amides is 1. The molecule has 1 aliphatic heterocycles. The van der Waals surface area contributed by atoms with E-state index in [1.54, 1.807) is 31.4 Å². The van der Waals surface area contributed by atoms with Crippen LogP contribution in [0, 0.1) is 11.3 Å². The molecule has 2 aromatic heterocycles. The second-order valence-corrected chi connectivity index (χ2v) is 10.2. The second-order valence-electron chi connectivity index (χ2n) is 9.22. The van der Waals surface area contributed by atoms with E-state index in [9.17, 15) is 10.1 Å². The Labute approximate surface area is 218 Å². The zero-order valence-electron chi connectivity index (χ0n) is 20.7. The van der Waals surface area contributed by atoms with E-state index in [1.807, 2.05) is 48.6 Å². The number of methoxy groups -OCH3 is 1. The van der Waals surface area contributed by atoms with Crippen molar-refractivity contribution in [3.05, 3.63) is 71.3 Å². The zero-order chi connectivity index (χ0) is 26.0. The number of nitriles is 1. The molecular formula is C27H26N6O3S. The van der Waals surface area contributed by atoms with Gasteiger partial charge in [0.25, 0.3) is 0 Å². The monoisotopic (exact) mass is 514 g/mol. The Morgan fingerprint density at radius 2 is 1.89 bits per heavy atom. The maximum Gasteiger partial charge on any atom is 0.234 e. The molecule has 5 rings (SSSR count). The van der Waals surface area contributed by atoms with E-state index in [2.05, 4.69) is 26.9 Å². The lowest BCUT2D eigenvalue weighted by Crippen LogP contribution is -2.33. The molecule has 1 aliphatic rings. The molecule has 0 radical (unpaired) electrons. The Morgan fingerprint density at radius 3 is 2.59 bits per heavy atom. The van der Waals surface area contributed by atoms with Crippen molar-refractivity contribution in [2.75, 3.05) is 23.5 Å². The van der Waals surface area contributed by atoms with E-state index < -0.39 is 5.60 Å². The van der Waals surface area contributed by atoms with Crippen molar-refractivity contribution in [1.29, 1.82) is 5.26 Å². The van der Waals surface area contributed by atoms with Crippen molar-refractivity contribution >= 4 is 40.5 Å². The first-order chi connectivity index (χ1) is 17.9. The molecule has 0 saturated heterocycles. The van der Waals surface area contributed by atoms with Gasteiger partial charge in [-0.15, -0.1) is 10.2 Å². The number of aromatic nitrogens is 3. The van der Waals surface area contributed by atoms with Crippen LogP contribution < -0.4 is 15.4 Å². The minimum absolute atomic E-state index is 0.111. The van der Waals surface area contributed by atoms with Crippen LogP contribution in [0.25, 0.3) is 5.65 Å². The molecular weight excluding hydrogens is 488 g/mol. The number of nitrogens with zero attached hydrogens (tertiary/aromatic N) is 4. The summed E-state index contributed by atoms with van der Waals surface area (Å²) >= 11 is 1.25. The average molecular weight is 515 g/mol. The van der Waals surface area contributed by atoms with Gasteiger partial charge in [-0.05, 0) is 55.8 Å². The van der Waals surface area contributed by atoms with Crippen LogP contribution in [0.3, 0.4) is 0 Å². The highest BCUT2D eigenvalue weighted by Crippen LogP contribution is 2.38. The molecule has 0 spiro atoms. The van der Waals surface area contributed by atoms with Crippen LogP contribution in [0.4, 0.5) is 17.2 Å². The van der Waals surface area contributed by atoms with Crippen molar-refractivity contribution in [1.82, 2.24) is 14.6 Å². The van der Waals surface area contributed by atoms with E-state index >= 15 is 0 Å². The molecule has 0 fully saturated rings. The number of nitrogens with one attached hydrogen (secondary N) is 2. The van der Waals surface area contributed by atoms with Crippen LogP contribution in [0.5, 0.6) is 5.75 Å². The molecule has 188 valence electrons. The number of carbonyl (C=O) groups excluding carboxylic acids is 1. The first kappa shape index (κ1) is 24.6. The molecule has 1 amide bonds. The van der Waals surface area contributed by atoms with Gasteiger partial charge < -0.3 is 20.1 Å². The Hall–Kier alpha value is -4.07. The number of carbonyl (C=O) groups is 1. The fraction of sp³-hybridized carbons (Fsp3) is 0.259. The van der Waals surface area contributed by atoms with E-state index in [0.717, 1.165) is 16.8 Å². The van der Waals surface area contributed by atoms with Crippen molar-refractivity contribution in [3.63, 3.8) is 0 Å². The minimum atomic E-state index is -0.405. The summed E-state index contributed by atoms with van der Waals surface area (Å²) in [5, 5.41) is 25.9. The molecule has 0 bridgehead atoms. The van der Waals surface area contributed by atoms with Crippen LogP contribution in [0.2, 0.25) is 0 Å². The van der Waals surface area contributed by atoms with Crippen LogP contribution in [-0.2, 0) is 22.6 Å². The van der Waals surface area contributed by atoms with E-state index in [-0.39, 0.29) is 11.7 Å². The van der Waals surface area contributed by atoms with Crippen LogP contribution >= 0.6 is 11.8 Å². The number of benzene rings is 2. The molecule has 0 saturated carbocycles. The first-order valence-electron chi connectivity index (χ1n) is 11.7. The predicted molar refractivity (Wildman–Crippen MR) is 142 cm³/mol. The lowest BCUT2D eigenvalue weighted by molar-refractivity contribution is -0.113. The number of thioether (sulfide) groups is 1. The standard InChI is InChI=1S/C27H26N6O3S/c1-27(2)13-20-21(14-28)24(30-17-7-5-4-6-8-17)33-25(22(20)15-36-27)31-32-26(33)37-16-23(34)29-18-9-11-19(35-3)12-10-18/h4-12,30H,13,15-16H2,1-3H3,(H,29,34). The fourth-order valence-electron chi connectivity index (χ4n) is 4.29. The summed E-state index contributed by atoms with van der Waals surface area (Å²) in [5.41, 5.74) is 3.98. The molecule has 9 nitrogen and oxygen atoms in total. The summed E-state index contributed by atoms with van der Waals surface area (Å²) in [6.45, 7) is 4.35. The third kappa shape index (κ3) is 5.09. The normalized spacial score (nSPS) is 14.0. The first-order valence-corrected chi connectivity index (χ1v) is 12.7. The third-order valence-electron chi connectivity index (χ3n) is 6.09. The number of fused-ring (bicyclic) bond motifs is 3. The number of ether oxygens (including phenoxy) is 2. The van der Waals surface area contributed by atoms with Gasteiger partial charge in [0.1, 0.15) is 17.6 Å². The quantitative estimate of drug-likeness (QED) is 0.334. The van der Waals surface area contributed by atoms with Gasteiger partial charge in [-0.3, -0.25) is 9.20 Å². The Bertz CT molecular complexity index is 1490. The third-order valence-corrected chi connectivity index (χ3v) is 7.02. The highest BCUT2D eigenvalue weighted by Gasteiger charge is 2.33. The van der Waals surface area contributed by atoms with Gasteiger partial charge in [-0.25, -0.2) is 0 Å². The summed E-state index contributed by atoms with van der Waals surface area (Å²) in [4.78, 5) is 12.7. The molecule has 2 N–H and O–H groups in total. The molecule has 10 heteroatoms. The molecule has 4 aromatic rings. The van der Waals surface area contributed by atoms with Crippen molar-refractivity contribution in [2.24, 2.45) is 0 Å². The largest absolute Gasteiger partial charge is 0.497 e. The summed E-state index contributed by atoms with van der Waals surface area (Å²) in [6.07, 6.45) is 0.574. The lowest BCUT2D eigenvalue weighted by atomic mass is 9.89. The summed E-state index contributed by atoms with van der Waals surface area (Å²) in [7, 11) is 1.59. The SMILES string of the molecule is COc1ccc(NC(=O)CSc2nnc3c4c(c(C#N)c(Nc5ccccc5)n23)CC(C)(C)OC4)cc1. The Morgan fingerprint density at radius 1 is 1.14 bits per heavy atom. The topological polar surface area (TPSA) is 114 Å². The van der Waals surface area contributed by atoms with E-state index in [0.29, 0.717) is 46.6 Å². The molecule has 0 unspecified atom stereocenters. The summed E-state index contributed by atoms with van der Waals surface area (Å²) < 4.78 is 13.0. The van der Waals surface area contributed by atoms with Crippen LogP contribution in [0.1, 0.15) is 30.5 Å². The number of anilines is 3. The lowest BCUT2D eigenvalue weighted by Gasteiger charge is -2.33. The van der Waals surface area contributed by atoms with Gasteiger partial charge in [-0.1, -0.05) is 30.0 Å². The van der Waals surface area contributed by atoms with Gasteiger partial charge in [0.15, 0.2) is 10.8 Å². The van der Waals surface area contributed by atoms with Gasteiger partial charge in [-0.2, -0.15) is 5.26 Å². The number of rotatable bonds is 7. The van der Waals surface area contributed by atoms with Crippen LogP contribution in [0.15, 0.2) is 59.8 Å². The van der Waals surface area contributed by atoms with Crippen molar-refractivity contribution in [2.45, 2.75) is 37.6 Å². The van der Waals surface area contributed by atoms with Gasteiger partial charge >= 0.3 is 0 Å². The predicted octanol–water partition coefficient (Wildman–Crippen LogP) is 4.94. The Balaban J connectivity index is 1.50. The fourth-order valence-corrected chi connectivity index (χ4v) is 5.03.